The number of benzene rings is 2. The van der Waals surface area contributed by atoms with Gasteiger partial charge in [-0.2, -0.15) is 0 Å². The van der Waals surface area contributed by atoms with Crippen molar-refractivity contribution in [3.8, 4) is 5.75 Å². The molecule has 0 aromatic heterocycles. The molecule has 0 spiro atoms. The molecule has 1 heterocycles. The molecule has 0 radical (unpaired) electrons. The lowest BCUT2D eigenvalue weighted by atomic mass is 9.95. The molecule has 29 heavy (non-hydrogen) atoms. The van der Waals surface area contributed by atoms with Crippen LogP contribution < -0.4 is 10.1 Å². The minimum Gasteiger partial charge on any atom is -0.491 e. The van der Waals surface area contributed by atoms with Gasteiger partial charge in [-0.3, -0.25) is 9.69 Å². The Bertz CT molecular complexity index is 829. The van der Waals surface area contributed by atoms with Gasteiger partial charge in [0.1, 0.15) is 12.4 Å². The Morgan fingerprint density at radius 3 is 2.52 bits per heavy atom. The molecule has 3 rings (SSSR count). The average Bonchev–Trinajstić information content (AvgIpc) is 2.71. The van der Waals surface area contributed by atoms with E-state index in [1.165, 1.54) is 5.56 Å². The van der Waals surface area contributed by atoms with Crippen LogP contribution in [0.4, 0.5) is 0 Å². The summed E-state index contributed by atoms with van der Waals surface area (Å²) < 4.78 is 5.81. The predicted octanol–water partition coefficient (Wildman–Crippen LogP) is 5.02. The van der Waals surface area contributed by atoms with Gasteiger partial charge in [0, 0.05) is 28.1 Å². The van der Waals surface area contributed by atoms with Crippen LogP contribution in [0.1, 0.15) is 29.5 Å². The summed E-state index contributed by atoms with van der Waals surface area (Å²) in [5.41, 5.74) is 3.23. The van der Waals surface area contributed by atoms with Crippen LogP contribution in [0.2, 0.25) is 10.0 Å². The maximum absolute atomic E-state index is 12.5. The highest BCUT2D eigenvalue weighted by Gasteiger charge is 2.25. The smallest absolute Gasteiger partial charge is 0.223 e. The number of amides is 1. The minimum atomic E-state index is 0.0497. The van der Waals surface area contributed by atoms with Gasteiger partial charge in [0.2, 0.25) is 5.91 Å². The third-order valence-corrected chi connectivity index (χ3v) is 6.11. The van der Waals surface area contributed by atoms with E-state index in [0.29, 0.717) is 23.2 Å². The van der Waals surface area contributed by atoms with Crippen molar-refractivity contribution in [2.75, 3.05) is 26.2 Å². The van der Waals surface area contributed by atoms with E-state index >= 15 is 0 Å². The first-order valence-corrected chi connectivity index (χ1v) is 10.8. The molecule has 1 fully saturated rings. The number of carbonyl (C=O) groups excluding carboxylic acids is 1. The van der Waals surface area contributed by atoms with E-state index in [0.717, 1.165) is 49.4 Å². The van der Waals surface area contributed by atoms with Gasteiger partial charge in [-0.05, 0) is 69.1 Å². The number of hydrogen-bond donors (Lipinski definition) is 1. The van der Waals surface area contributed by atoms with Crippen LogP contribution in [0, 0.1) is 19.8 Å². The summed E-state index contributed by atoms with van der Waals surface area (Å²) in [6.45, 7) is 7.49. The third kappa shape index (κ3) is 6.11. The average molecular weight is 435 g/mol. The van der Waals surface area contributed by atoms with Crippen LogP contribution in [0.3, 0.4) is 0 Å². The molecule has 1 amide bonds. The number of likely N-dealkylation sites (tertiary alicyclic amines) is 1. The van der Waals surface area contributed by atoms with Crippen LogP contribution in [0.25, 0.3) is 0 Å². The van der Waals surface area contributed by atoms with Crippen molar-refractivity contribution < 1.29 is 9.53 Å². The SMILES string of the molecule is Cc1ccc(C)c(OCCNC(=O)C2CCN(Cc3c(Cl)cccc3Cl)CC2)c1. The first-order chi connectivity index (χ1) is 13.9. The number of halogens is 2. The molecule has 0 aliphatic carbocycles. The van der Waals surface area contributed by atoms with E-state index < -0.39 is 0 Å². The van der Waals surface area contributed by atoms with Crippen LogP contribution in [-0.4, -0.2) is 37.0 Å². The lowest BCUT2D eigenvalue weighted by Crippen LogP contribution is -2.41. The van der Waals surface area contributed by atoms with Gasteiger partial charge in [0.05, 0.1) is 6.54 Å². The highest BCUT2D eigenvalue weighted by molar-refractivity contribution is 6.35. The number of hydrogen-bond acceptors (Lipinski definition) is 3. The van der Waals surface area contributed by atoms with E-state index in [2.05, 4.69) is 16.3 Å². The maximum Gasteiger partial charge on any atom is 0.223 e. The largest absolute Gasteiger partial charge is 0.491 e. The zero-order valence-corrected chi connectivity index (χ0v) is 18.5. The normalized spacial score (nSPS) is 15.3. The van der Waals surface area contributed by atoms with Crippen molar-refractivity contribution in [2.45, 2.75) is 33.2 Å². The fourth-order valence-electron chi connectivity index (χ4n) is 3.60. The second-order valence-electron chi connectivity index (χ2n) is 7.66. The number of ether oxygens (including phenoxy) is 1. The van der Waals surface area contributed by atoms with Gasteiger partial charge >= 0.3 is 0 Å². The predicted molar refractivity (Wildman–Crippen MR) is 119 cm³/mol. The number of carbonyl (C=O) groups is 1. The summed E-state index contributed by atoms with van der Waals surface area (Å²) >= 11 is 12.5. The standard InChI is InChI=1S/C23H28Cl2N2O2/c1-16-6-7-17(2)22(14-16)29-13-10-26-23(28)18-8-11-27(12-9-18)15-19-20(24)4-3-5-21(19)25/h3-7,14,18H,8-13,15H2,1-2H3,(H,26,28). The summed E-state index contributed by atoms with van der Waals surface area (Å²) in [7, 11) is 0. The topological polar surface area (TPSA) is 41.6 Å². The van der Waals surface area contributed by atoms with Gasteiger partial charge in [0.15, 0.2) is 0 Å². The molecule has 2 aromatic carbocycles. The molecule has 6 heteroatoms. The fraction of sp³-hybridized carbons (Fsp3) is 0.435. The van der Waals surface area contributed by atoms with Crippen molar-refractivity contribution in [3.63, 3.8) is 0 Å². The summed E-state index contributed by atoms with van der Waals surface area (Å²) in [5.74, 6) is 1.05. The van der Waals surface area contributed by atoms with Crippen molar-refractivity contribution >= 4 is 29.1 Å². The van der Waals surface area contributed by atoms with Crippen LogP contribution in [0.15, 0.2) is 36.4 Å². The molecule has 0 bridgehead atoms. The van der Waals surface area contributed by atoms with E-state index in [-0.39, 0.29) is 11.8 Å². The molecule has 1 aliphatic rings. The molecule has 2 aromatic rings. The Labute approximate surface area is 183 Å². The van der Waals surface area contributed by atoms with E-state index in [4.69, 9.17) is 27.9 Å². The zero-order chi connectivity index (χ0) is 20.8. The zero-order valence-electron chi connectivity index (χ0n) is 17.0. The van der Waals surface area contributed by atoms with Crippen molar-refractivity contribution in [1.29, 1.82) is 0 Å². The molecule has 0 unspecified atom stereocenters. The fourth-order valence-corrected chi connectivity index (χ4v) is 4.12. The quantitative estimate of drug-likeness (QED) is 0.622. The highest BCUT2D eigenvalue weighted by Crippen LogP contribution is 2.27. The first kappa shape index (κ1) is 21.9. The molecule has 4 nitrogen and oxygen atoms in total. The molecule has 156 valence electrons. The van der Waals surface area contributed by atoms with Gasteiger partial charge < -0.3 is 10.1 Å². The van der Waals surface area contributed by atoms with Crippen LogP contribution >= 0.6 is 23.2 Å². The summed E-state index contributed by atoms with van der Waals surface area (Å²) in [4.78, 5) is 14.8. The Morgan fingerprint density at radius 2 is 1.83 bits per heavy atom. The number of aryl methyl sites for hydroxylation is 2. The second kappa shape index (κ2) is 10.3. The monoisotopic (exact) mass is 434 g/mol. The maximum atomic E-state index is 12.5. The van der Waals surface area contributed by atoms with E-state index in [1.54, 1.807) is 0 Å². The van der Waals surface area contributed by atoms with E-state index in [1.807, 2.05) is 44.2 Å². The van der Waals surface area contributed by atoms with Gasteiger partial charge in [-0.25, -0.2) is 0 Å². The molecule has 1 aliphatic heterocycles. The van der Waals surface area contributed by atoms with Gasteiger partial charge in [0.25, 0.3) is 0 Å². The number of nitrogens with zero attached hydrogens (tertiary/aromatic N) is 1. The van der Waals surface area contributed by atoms with Gasteiger partial charge in [-0.1, -0.05) is 41.4 Å². The molecular formula is C23H28Cl2N2O2. The lowest BCUT2D eigenvalue weighted by molar-refractivity contribution is -0.126. The Hall–Kier alpha value is -1.75. The minimum absolute atomic E-state index is 0.0497. The number of rotatable bonds is 7. The summed E-state index contributed by atoms with van der Waals surface area (Å²) in [5, 5.41) is 4.41. The number of nitrogens with one attached hydrogen (secondary N) is 1. The molecule has 0 saturated carbocycles. The van der Waals surface area contributed by atoms with E-state index in [9.17, 15) is 4.79 Å². The Kier molecular flexibility index (Phi) is 7.82. The van der Waals surface area contributed by atoms with Gasteiger partial charge in [-0.15, -0.1) is 0 Å². The van der Waals surface area contributed by atoms with Crippen molar-refractivity contribution in [3.05, 3.63) is 63.1 Å². The summed E-state index contributed by atoms with van der Waals surface area (Å²) in [6, 6.07) is 11.7. The Balaban J connectivity index is 1.39. The molecule has 0 atom stereocenters. The molecule has 1 N–H and O–H groups in total. The van der Waals surface area contributed by atoms with Crippen molar-refractivity contribution in [1.82, 2.24) is 10.2 Å². The second-order valence-corrected chi connectivity index (χ2v) is 8.47. The van der Waals surface area contributed by atoms with Crippen LogP contribution in [0.5, 0.6) is 5.75 Å². The molecule has 1 saturated heterocycles. The van der Waals surface area contributed by atoms with Crippen LogP contribution in [-0.2, 0) is 11.3 Å². The highest BCUT2D eigenvalue weighted by atomic mass is 35.5. The number of piperidine rings is 1. The first-order valence-electron chi connectivity index (χ1n) is 10.1. The lowest BCUT2D eigenvalue weighted by Gasteiger charge is -2.31. The third-order valence-electron chi connectivity index (χ3n) is 5.40. The summed E-state index contributed by atoms with van der Waals surface area (Å²) in [6.07, 6.45) is 1.68. The Morgan fingerprint density at radius 1 is 1.14 bits per heavy atom. The molecular weight excluding hydrogens is 407 g/mol. The van der Waals surface area contributed by atoms with Crippen molar-refractivity contribution in [2.24, 2.45) is 5.92 Å².